The number of rotatable bonds is 6. The highest BCUT2D eigenvalue weighted by molar-refractivity contribution is 5.71. The molecule has 3 amide bonds. The fourth-order valence-corrected chi connectivity index (χ4v) is 4.94. The van der Waals surface area contributed by atoms with Gasteiger partial charge in [-0.05, 0) is 71.6 Å². The second-order valence-electron chi connectivity index (χ2n) is 13.5. The summed E-state index contributed by atoms with van der Waals surface area (Å²) in [6, 6.07) is 13.2. The number of carbonyl (C=O) groups excluding carboxylic acids is 3. The van der Waals surface area contributed by atoms with E-state index in [0.29, 0.717) is 25.7 Å². The predicted octanol–water partition coefficient (Wildman–Crippen LogP) is 4.46. The van der Waals surface area contributed by atoms with E-state index in [1.165, 1.54) is 15.4 Å². The quantitative estimate of drug-likeness (QED) is 0.439. The smallest absolute Gasteiger partial charge is 0.410 e. The van der Waals surface area contributed by atoms with Crippen molar-refractivity contribution in [3.8, 4) is 0 Å². The van der Waals surface area contributed by atoms with Crippen molar-refractivity contribution in [3.63, 3.8) is 0 Å². The maximum absolute atomic E-state index is 12.3. The van der Waals surface area contributed by atoms with Crippen molar-refractivity contribution >= 4 is 18.3 Å². The minimum absolute atomic E-state index is 0.171. The fraction of sp³-hybridized carbons (Fsp3) is 0.588. The molecule has 2 atom stereocenters. The highest BCUT2D eigenvalue weighted by Crippen LogP contribution is 2.17. The third-order valence-corrected chi connectivity index (χ3v) is 7.20. The molecular weight excluding hydrogens is 590 g/mol. The Kier molecular flexibility index (Phi) is 13.6. The number of carbonyl (C=O) groups is 3. The Bertz CT molecular complexity index is 1230. The van der Waals surface area contributed by atoms with Crippen LogP contribution in [0, 0.1) is 0 Å². The van der Waals surface area contributed by atoms with E-state index in [-0.39, 0.29) is 32.4 Å². The molecule has 3 heterocycles. The van der Waals surface area contributed by atoms with Crippen LogP contribution in [0.4, 0.5) is 14.4 Å². The molecule has 12 nitrogen and oxygen atoms in total. The number of pyridine rings is 1. The van der Waals surface area contributed by atoms with Crippen molar-refractivity contribution in [2.45, 2.75) is 84.3 Å². The van der Waals surface area contributed by atoms with Crippen LogP contribution in [0.2, 0.25) is 0 Å². The number of hydrogen-bond acceptors (Lipinski definition) is 9. The van der Waals surface area contributed by atoms with E-state index in [1.54, 1.807) is 31.9 Å². The Morgan fingerprint density at radius 3 is 2.07 bits per heavy atom. The van der Waals surface area contributed by atoms with Gasteiger partial charge in [0.25, 0.3) is 0 Å². The average Bonchev–Trinajstić information content (AvgIpc) is 3.02. The SMILES string of the molecule is CC(C)(C)OC(=O)N1CCN(C(=O)OCc2ccccc2)C(CO)C1.CC(C)(C)OC(=O)N1CCNC(CCc2cccnc2)C1. The lowest BCUT2D eigenvalue weighted by Gasteiger charge is -2.40. The monoisotopic (exact) mass is 641 g/mol. The lowest BCUT2D eigenvalue weighted by atomic mass is 10.1. The van der Waals surface area contributed by atoms with E-state index >= 15 is 0 Å². The third-order valence-electron chi connectivity index (χ3n) is 7.20. The Labute approximate surface area is 273 Å². The van der Waals surface area contributed by atoms with E-state index in [1.807, 2.05) is 63.4 Å². The number of aryl methyl sites for hydroxylation is 1. The molecule has 254 valence electrons. The lowest BCUT2D eigenvalue weighted by Crippen LogP contribution is -2.58. The molecule has 2 unspecified atom stereocenters. The zero-order chi connectivity index (χ0) is 33.7. The van der Waals surface area contributed by atoms with Crippen LogP contribution in [-0.2, 0) is 27.2 Å². The number of aromatic nitrogens is 1. The standard InChI is InChI=1S/C18H26N2O5.C16H25N3O2/c1-18(2,3)25-16(22)19-9-10-20(15(11-19)12-21)17(23)24-13-14-7-5-4-6-8-14;1-16(2,3)21-15(20)19-10-9-18-14(12-19)7-6-13-5-4-8-17-11-13/h4-8,15,21H,9-13H2,1-3H3;4-5,8,11,14,18H,6-7,9-10,12H2,1-3H3. The average molecular weight is 642 g/mol. The first-order valence-corrected chi connectivity index (χ1v) is 15.9. The van der Waals surface area contributed by atoms with Crippen molar-refractivity contribution in [2.75, 3.05) is 45.9 Å². The van der Waals surface area contributed by atoms with Gasteiger partial charge in [-0.3, -0.25) is 9.88 Å². The Hall–Kier alpha value is -3.90. The molecule has 0 spiro atoms. The summed E-state index contributed by atoms with van der Waals surface area (Å²) in [7, 11) is 0. The highest BCUT2D eigenvalue weighted by atomic mass is 16.6. The summed E-state index contributed by atoms with van der Waals surface area (Å²) < 4.78 is 16.1. The Morgan fingerprint density at radius 1 is 0.848 bits per heavy atom. The van der Waals surface area contributed by atoms with Crippen molar-refractivity contribution in [1.29, 1.82) is 0 Å². The Morgan fingerprint density at radius 2 is 1.48 bits per heavy atom. The number of nitrogens with one attached hydrogen (secondary N) is 1. The van der Waals surface area contributed by atoms with Gasteiger partial charge < -0.3 is 34.4 Å². The molecule has 0 radical (unpaired) electrons. The van der Waals surface area contributed by atoms with E-state index in [0.717, 1.165) is 24.9 Å². The molecule has 2 aromatic rings. The normalized spacial score (nSPS) is 18.6. The fourth-order valence-electron chi connectivity index (χ4n) is 4.94. The summed E-state index contributed by atoms with van der Waals surface area (Å²) in [6.07, 6.45) is 4.49. The molecule has 0 bridgehead atoms. The first-order chi connectivity index (χ1) is 21.7. The second kappa shape index (κ2) is 17.1. The van der Waals surface area contributed by atoms with Gasteiger partial charge >= 0.3 is 18.3 Å². The van der Waals surface area contributed by atoms with E-state index in [2.05, 4.69) is 16.4 Å². The number of ether oxygens (including phenoxy) is 3. The molecule has 2 aliphatic rings. The van der Waals surface area contributed by atoms with Gasteiger partial charge in [-0.2, -0.15) is 0 Å². The lowest BCUT2D eigenvalue weighted by molar-refractivity contribution is -0.00668. The Balaban J connectivity index is 0.000000254. The molecule has 12 heteroatoms. The molecular formula is C34H51N5O7. The van der Waals surface area contributed by atoms with E-state index in [9.17, 15) is 19.5 Å². The van der Waals surface area contributed by atoms with Crippen LogP contribution in [-0.4, -0.2) is 112 Å². The van der Waals surface area contributed by atoms with E-state index < -0.39 is 29.4 Å². The van der Waals surface area contributed by atoms with Gasteiger partial charge in [-0.15, -0.1) is 0 Å². The molecule has 2 saturated heterocycles. The molecule has 2 aliphatic heterocycles. The number of piperazine rings is 2. The predicted molar refractivity (Wildman–Crippen MR) is 174 cm³/mol. The van der Waals surface area contributed by atoms with Crippen LogP contribution in [0.5, 0.6) is 0 Å². The first kappa shape index (κ1) is 36.6. The maximum Gasteiger partial charge on any atom is 0.410 e. The van der Waals surface area contributed by atoms with Crippen LogP contribution in [0.3, 0.4) is 0 Å². The van der Waals surface area contributed by atoms with Crippen molar-refractivity contribution in [1.82, 2.24) is 25.0 Å². The highest BCUT2D eigenvalue weighted by Gasteiger charge is 2.35. The van der Waals surface area contributed by atoms with E-state index in [4.69, 9.17) is 14.2 Å². The molecule has 0 aliphatic carbocycles. The summed E-state index contributed by atoms with van der Waals surface area (Å²) >= 11 is 0. The van der Waals surface area contributed by atoms with Crippen LogP contribution in [0.1, 0.15) is 59.1 Å². The van der Waals surface area contributed by atoms with Gasteiger partial charge in [-0.1, -0.05) is 36.4 Å². The van der Waals surface area contributed by atoms with Crippen molar-refractivity contribution < 1.29 is 33.7 Å². The molecule has 46 heavy (non-hydrogen) atoms. The summed E-state index contributed by atoms with van der Waals surface area (Å²) in [5.41, 5.74) is 1.10. The minimum Gasteiger partial charge on any atom is -0.445 e. The summed E-state index contributed by atoms with van der Waals surface area (Å²) in [6.45, 7) is 14.1. The number of benzene rings is 1. The van der Waals surface area contributed by atoms with Crippen LogP contribution in [0.15, 0.2) is 54.9 Å². The van der Waals surface area contributed by atoms with Crippen LogP contribution in [0.25, 0.3) is 0 Å². The number of amides is 3. The zero-order valence-electron chi connectivity index (χ0n) is 28.1. The molecule has 2 fully saturated rings. The number of aliphatic hydroxyl groups is 1. The van der Waals surface area contributed by atoms with Gasteiger partial charge in [0, 0.05) is 57.7 Å². The summed E-state index contributed by atoms with van der Waals surface area (Å²) in [4.78, 5) is 45.5. The minimum atomic E-state index is -0.586. The number of aliphatic hydroxyl groups excluding tert-OH is 1. The molecule has 2 N–H and O–H groups in total. The van der Waals surface area contributed by atoms with Gasteiger partial charge in [0.2, 0.25) is 0 Å². The van der Waals surface area contributed by atoms with Gasteiger partial charge in [-0.25, -0.2) is 14.4 Å². The van der Waals surface area contributed by atoms with Gasteiger partial charge in [0.15, 0.2) is 0 Å². The first-order valence-electron chi connectivity index (χ1n) is 15.9. The van der Waals surface area contributed by atoms with Crippen LogP contribution < -0.4 is 5.32 Å². The topological polar surface area (TPSA) is 134 Å². The largest absolute Gasteiger partial charge is 0.445 e. The molecule has 1 aromatic heterocycles. The molecule has 4 rings (SSSR count). The van der Waals surface area contributed by atoms with Gasteiger partial charge in [0.1, 0.15) is 17.8 Å². The van der Waals surface area contributed by atoms with Crippen molar-refractivity contribution in [2.24, 2.45) is 0 Å². The maximum atomic E-state index is 12.3. The third kappa shape index (κ3) is 12.8. The zero-order valence-corrected chi connectivity index (χ0v) is 28.1. The number of hydrogen-bond donors (Lipinski definition) is 2. The number of nitrogens with zero attached hydrogens (tertiary/aromatic N) is 4. The second-order valence-corrected chi connectivity index (χ2v) is 13.5. The molecule has 1 aromatic carbocycles. The molecule has 0 saturated carbocycles. The van der Waals surface area contributed by atoms with Gasteiger partial charge in [0.05, 0.1) is 12.6 Å². The van der Waals surface area contributed by atoms with Crippen LogP contribution >= 0.6 is 0 Å². The summed E-state index contributed by atoms with van der Waals surface area (Å²) in [5.74, 6) is 0. The van der Waals surface area contributed by atoms with Crippen molar-refractivity contribution in [3.05, 3.63) is 66.0 Å². The summed E-state index contributed by atoms with van der Waals surface area (Å²) in [5, 5.41) is 13.1.